The molecule has 3 heteroatoms. The smallest absolute Gasteiger partial charge is 0.230 e. The molecule has 0 radical (unpaired) electrons. The lowest BCUT2D eigenvalue weighted by Gasteiger charge is -2.44. The van der Waals surface area contributed by atoms with Gasteiger partial charge in [-0.2, -0.15) is 0 Å². The largest absolute Gasteiger partial charge is 0.497 e. The average molecular weight is 231 g/mol. The summed E-state index contributed by atoms with van der Waals surface area (Å²) < 4.78 is 5.14. The second kappa shape index (κ2) is 4.06. The summed E-state index contributed by atoms with van der Waals surface area (Å²) in [5.41, 5.74) is 1.02. The zero-order chi connectivity index (χ0) is 11.8. The van der Waals surface area contributed by atoms with E-state index in [1.807, 2.05) is 29.2 Å². The molecule has 0 N–H and O–H groups in total. The number of piperidine rings is 2. The zero-order valence-electron chi connectivity index (χ0n) is 10.1. The first-order valence-corrected chi connectivity index (χ1v) is 6.26. The maximum absolute atomic E-state index is 12.2. The standard InChI is InChI=1S/C14H17NO2/c1-17-13-8-6-12(7-9-13)15-11-4-2-10(3-5-11)14(15)16/h6-11H,2-5H2,1H3. The number of carbonyl (C=O) groups excluding carboxylic acids is 1. The fourth-order valence-corrected chi connectivity index (χ4v) is 3.04. The van der Waals surface area contributed by atoms with Gasteiger partial charge in [0.1, 0.15) is 5.75 Å². The number of carbonyl (C=O) groups is 1. The van der Waals surface area contributed by atoms with Crippen molar-refractivity contribution < 1.29 is 9.53 Å². The Bertz CT molecular complexity index is 418. The lowest BCUT2D eigenvalue weighted by molar-refractivity contribution is -0.126. The van der Waals surface area contributed by atoms with Crippen LogP contribution >= 0.6 is 0 Å². The Morgan fingerprint density at radius 3 is 2.29 bits per heavy atom. The molecule has 2 heterocycles. The van der Waals surface area contributed by atoms with Crippen LogP contribution in [0.5, 0.6) is 5.75 Å². The van der Waals surface area contributed by atoms with Crippen LogP contribution < -0.4 is 9.64 Å². The molecule has 2 bridgehead atoms. The molecule has 4 rings (SSSR count). The van der Waals surface area contributed by atoms with Gasteiger partial charge in [0.25, 0.3) is 0 Å². The van der Waals surface area contributed by atoms with E-state index in [1.54, 1.807) is 7.11 Å². The molecule has 1 aliphatic carbocycles. The minimum absolute atomic E-state index is 0.266. The van der Waals surface area contributed by atoms with Gasteiger partial charge >= 0.3 is 0 Å². The minimum Gasteiger partial charge on any atom is -0.497 e. The lowest BCUT2D eigenvalue weighted by Crippen LogP contribution is -2.52. The fourth-order valence-electron chi connectivity index (χ4n) is 3.04. The van der Waals surface area contributed by atoms with Crippen LogP contribution in [-0.2, 0) is 4.79 Å². The van der Waals surface area contributed by atoms with Gasteiger partial charge in [0.2, 0.25) is 5.91 Å². The van der Waals surface area contributed by atoms with Gasteiger partial charge in [-0.1, -0.05) is 0 Å². The zero-order valence-corrected chi connectivity index (χ0v) is 10.1. The fraction of sp³-hybridized carbons (Fsp3) is 0.500. The monoisotopic (exact) mass is 231 g/mol. The molecular weight excluding hydrogens is 214 g/mol. The Labute approximate surface area is 101 Å². The van der Waals surface area contributed by atoms with Crippen LogP contribution in [0.1, 0.15) is 25.7 Å². The predicted molar refractivity (Wildman–Crippen MR) is 66.2 cm³/mol. The lowest BCUT2D eigenvalue weighted by atomic mass is 9.79. The van der Waals surface area contributed by atoms with Crippen LogP contribution in [0.2, 0.25) is 0 Å². The van der Waals surface area contributed by atoms with Gasteiger partial charge in [-0.25, -0.2) is 0 Å². The van der Waals surface area contributed by atoms with E-state index < -0.39 is 0 Å². The van der Waals surface area contributed by atoms with Crippen molar-refractivity contribution in [3.05, 3.63) is 24.3 Å². The summed E-state index contributed by atoms with van der Waals surface area (Å²) in [6, 6.07) is 8.23. The molecule has 3 nitrogen and oxygen atoms in total. The summed E-state index contributed by atoms with van der Waals surface area (Å²) in [5, 5.41) is 0. The van der Waals surface area contributed by atoms with Gasteiger partial charge in [-0.15, -0.1) is 0 Å². The SMILES string of the molecule is COc1ccc(N2C(=O)C3CCC2CC3)cc1. The Hall–Kier alpha value is -1.51. The second-order valence-electron chi connectivity index (χ2n) is 4.91. The maximum atomic E-state index is 12.2. The highest BCUT2D eigenvalue weighted by Gasteiger charge is 2.40. The second-order valence-corrected chi connectivity index (χ2v) is 4.91. The van der Waals surface area contributed by atoms with E-state index >= 15 is 0 Å². The molecule has 0 aromatic heterocycles. The Morgan fingerprint density at radius 1 is 1.12 bits per heavy atom. The Morgan fingerprint density at radius 2 is 1.76 bits per heavy atom. The van der Waals surface area contributed by atoms with E-state index in [1.165, 1.54) is 0 Å². The number of rotatable bonds is 2. The molecule has 3 aliphatic rings. The summed E-state index contributed by atoms with van der Waals surface area (Å²) in [7, 11) is 1.66. The highest BCUT2D eigenvalue weighted by molar-refractivity contribution is 5.97. The van der Waals surface area contributed by atoms with Crippen LogP contribution in [0, 0.1) is 5.92 Å². The number of anilines is 1. The molecule has 3 fully saturated rings. The van der Waals surface area contributed by atoms with Crippen LogP contribution in [0.4, 0.5) is 5.69 Å². The average Bonchev–Trinajstić information content (AvgIpc) is 2.40. The van der Waals surface area contributed by atoms with Crippen LogP contribution in [-0.4, -0.2) is 19.1 Å². The predicted octanol–water partition coefficient (Wildman–Crippen LogP) is 2.60. The molecule has 1 saturated carbocycles. The molecule has 0 spiro atoms. The summed E-state index contributed by atoms with van der Waals surface area (Å²) in [6.45, 7) is 0. The topological polar surface area (TPSA) is 29.5 Å². The van der Waals surface area contributed by atoms with Gasteiger partial charge in [0.05, 0.1) is 7.11 Å². The molecule has 2 aliphatic heterocycles. The van der Waals surface area contributed by atoms with Crippen molar-refractivity contribution in [2.75, 3.05) is 12.0 Å². The van der Waals surface area contributed by atoms with E-state index in [0.29, 0.717) is 11.9 Å². The summed E-state index contributed by atoms with van der Waals surface area (Å²) in [6.07, 6.45) is 4.47. The summed E-state index contributed by atoms with van der Waals surface area (Å²) in [4.78, 5) is 14.2. The van der Waals surface area contributed by atoms with Crippen molar-refractivity contribution in [1.29, 1.82) is 0 Å². The van der Waals surface area contributed by atoms with Gasteiger partial charge < -0.3 is 9.64 Å². The first-order chi connectivity index (χ1) is 8.29. The normalized spacial score (nSPS) is 27.4. The molecule has 1 aromatic carbocycles. The number of nitrogens with zero attached hydrogens (tertiary/aromatic N) is 1. The highest BCUT2D eigenvalue weighted by Crippen LogP contribution is 2.38. The third kappa shape index (κ3) is 1.70. The first kappa shape index (κ1) is 10.6. The number of hydrogen-bond donors (Lipinski definition) is 0. The molecule has 2 saturated heterocycles. The molecular formula is C14H17NO2. The van der Waals surface area contributed by atoms with Gasteiger partial charge in [-0.05, 0) is 49.9 Å². The number of amides is 1. The number of methoxy groups -OCH3 is 1. The van der Waals surface area contributed by atoms with E-state index in [0.717, 1.165) is 37.1 Å². The molecule has 17 heavy (non-hydrogen) atoms. The number of fused-ring (bicyclic) bond motifs is 3. The third-order valence-electron chi connectivity index (χ3n) is 4.00. The van der Waals surface area contributed by atoms with Crippen molar-refractivity contribution in [2.24, 2.45) is 5.92 Å². The van der Waals surface area contributed by atoms with Crippen molar-refractivity contribution in [2.45, 2.75) is 31.7 Å². The van der Waals surface area contributed by atoms with E-state index in [9.17, 15) is 4.79 Å². The first-order valence-electron chi connectivity index (χ1n) is 6.26. The van der Waals surface area contributed by atoms with Crippen LogP contribution in [0.25, 0.3) is 0 Å². The maximum Gasteiger partial charge on any atom is 0.230 e. The van der Waals surface area contributed by atoms with Crippen molar-refractivity contribution >= 4 is 11.6 Å². The number of benzene rings is 1. The third-order valence-corrected chi connectivity index (χ3v) is 4.00. The molecule has 1 aromatic rings. The molecule has 1 amide bonds. The summed E-state index contributed by atoms with van der Waals surface area (Å²) >= 11 is 0. The molecule has 0 atom stereocenters. The van der Waals surface area contributed by atoms with Crippen LogP contribution in [0.3, 0.4) is 0 Å². The highest BCUT2D eigenvalue weighted by atomic mass is 16.5. The van der Waals surface area contributed by atoms with Crippen molar-refractivity contribution in [3.8, 4) is 5.75 Å². The minimum atomic E-state index is 0.266. The van der Waals surface area contributed by atoms with Crippen molar-refractivity contribution in [1.82, 2.24) is 0 Å². The number of hydrogen-bond acceptors (Lipinski definition) is 2. The summed E-state index contributed by atoms with van der Waals surface area (Å²) in [5.74, 6) is 1.42. The van der Waals surface area contributed by atoms with E-state index in [2.05, 4.69) is 0 Å². The van der Waals surface area contributed by atoms with Crippen LogP contribution in [0.15, 0.2) is 24.3 Å². The quantitative estimate of drug-likeness (QED) is 0.783. The molecule has 90 valence electrons. The van der Waals surface area contributed by atoms with Crippen molar-refractivity contribution in [3.63, 3.8) is 0 Å². The van der Waals surface area contributed by atoms with Gasteiger partial charge in [0.15, 0.2) is 0 Å². The Balaban J connectivity index is 1.89. The van der Waals surface area contributed by atoms with Gasteiger partial charge in [-0.3, -0.25) is 4.79 Å². The van der Waals surface area contributed by atoms with E-state index in [-0.39, 0.29) is 5.92 Å². The van der Waals surface area contributed by atoms with E-state index in [4.69, 9.17) is 4.74 Å². The Kier molecular flexibility index (Phi) is 2.54. The molecule has 0 unspecified atom stereocenters. The number of ether oxygens (including phenoxy) is 1. The van der Waals surface area contributed by atoms with Gasteiger partial charge in [0, 0.05) is 17.6 Å².